The maximum atomic E-state index is 14.7. The first-order chi connectivity index (χ1) is 37.2. The highest BCUT2D eigenvalue weighted by Crippen LogP contribution is 2.15. The van der Waals surface area contributed by atoms with E-state index in [2.05, 4.69) is 52.5 Å². The minimum atomic E-state index is -1.75. The number of aromatic nitrogens is 2. The van der Waals surface area contributed by atoms with Crippen molar-refractivity contribution in [1.29, 1.82) is 0 Å². The van der Waals surface area contributed by atoms with Crippen LogP contribution in [0.5, 0.6) is 5.75 Å². The molecule has 9 atom stereocenters. The fraction of sp³-hybridized carbons (Fsp3) is 0.537. The van der Waals surface area contributed by atoms with Gasteiger partial charge in [-0.1, -0.05) is 97.9 Å². The highest BCUT2D eigenvalue weighted by Gasteiger charge is 2.36. The zero-order valence-corrected chi connectivity index (χ0v) is 45.9. The Morgan fingerprint density at radius 2 is 0.937 bits per heavy atom. The number of nitrogens with one attached hydrogen (secondary N) is 9. The standard InChI is InChI=1S/C54H79N11O14/c1-28(2)20-37(59-48(72)38(21-29(3)4)63-53(77)44(55)30(5)6)47(71)60-39(22-32-12-10-9-11-13-32)50(74)62-41(24-34-25-56-27-57-34)51(75)61-40(23-33-14-16-35(67)17-15-33)49(73)58-36(18-19-43(68)69)46(70)64-42(26-66)52(76)65-45(31(7)8)54(78)79/h9-17,25,27-31,36-42,44-45,66-67H,18-24,26,55H2,1-8H3,(H,56,57)(H,58,73)(H,59,72)(H,60,71)(H,61,75)(H,62,74)(H,63,77)(H,64,70)(H,65,76)(H,68,69)(H,78,79)/t36-,37-,38-,39-,40-,41-,42-,44-,45-/m0/s1. The Morgan fingerprint density at radius 3 is 1.37 bits per heavy atom. The molecule has 2 aromatic carbocycles. The number of imidazole rings is 1. The van der Waals surface area contributed by atoms with Gasteiger partial charge in [0.15, 0.2) is 0 Å². The number of amides is 8. The molecule has 0 fully saturated rings. The summed E-state index contributed by atoms with van der Waals surface area (Å²) in [5.41, 5.74) is 7.41. The van der Waals surface area contributed by atoms with Crippen molar-refractivity contribution < 1.29 is 68.4 Å². The van der Waals surface area contributed by atoms with Crippen LogP contribution in [0.25, 0.3) is 0 Å². The molecule has 0 bridgehead atoms. The molecule has 0 aliphatic rings. The van der Waals surface area contributed by atoms with E-state index in [0.717, 1.165) is 0 Å². The first-order valence-electron chi connectivity index (χ1n) is 26.2. The summed E-state index contributed by atoms with van der Waals surface area (Å²) >= 11 is 0. The molecule has 0 saturated heterocycles. The summed E-state index contributed by atoms with van der Waals surface area (Å²) in [6.45, 7) is 12.9. The lowest BCUT2D eigenvalue weighted by molar-refractivity contribution is -0.144. The topological polar surface area (TPSA) is 403 Å². The number of hydrogen-bond acceptors (Lipinski definition) is 14. The van der Waals surface area contributed by atoms with Crippen molar-refractivity contribution in [3.63, 3.8) is 0 Å². The molecule has 8 amide bonds. The Labute approximate surface area is 459 Å². The number of aromatic amines is 1. The normalized spacial score (nSPS) is 14.8. The number of rotatable bonds is 33. The van der Waals surface area contributed by atoms with E-state index in [1.807, 2.05) is 27.7 Å². The summed E-state index contributed by atoms with van der Waals surface area (Å²) in [4.78, 5) is 142. The van der Waals surface area contributed by atoms with Crippen LogP contribution in [0.4, 0.5) is 0 Å². The van der Waals surface area contributed by atoms with Crippen LogP contribution in [-0.2, 0) is 67.2 Å². The minimum absolute atomic E-state index is 0.0573. The summed E-state index contributed by atoms with van der Waals surface area (Å²) in [7, 11) is 0. The first kappa shape index (κ1) is 65.4. The van der Waals surface area contributed by atoms with E-state index in [1.54, 1.807) is 44.2 Å². The Hall–Kier alpha value is -7.93. The van der Waals surface area contributed by atoms with Gasteiger partial charge in [-0.05, 0) is 66.2 Å². The SMILES string of the molecule is CC(C)C[C@H](NC(=O)[C@H](CC(C)C)NC(=O)[C@@H](N)C(C)C)C(=O)N[C@@H](Cc1ccccc1)C(=O)N[C@@H](Cc1cnc[nH]1)C(=O)N[C@@H](Cc1ccc(O)cc1)C(=O)N[C@@H](CCC(=O)O)C(=O)N[C@@H](CO)C(=O)N[C@H](C(=O)O)C(C)C. The molecule has 0 aliphatic carbocycles. The molecule has 25 nitrogen and oxygen atoms in total. The number of nitrogens with zero attached hydrogens (tertiary/aromatic N) is 1. The third-order valence-corrected chi connectivity index (χ3v) is 12.6. The average molecular weight is 1110 g/mol. The quantitative estimate of drug-likeness (QED) is 0.0372. The van der Waals surface area contributed by atoms with Crippen LogP contribution in [0.1, 0.15) is 97.9 Å². The maximum absolute atomic E-state index is 14.7. The van der Waals surface area contributed by atoms with E-state index in [0.29, 0.717) is 16.8 Å². The number of aliphatic hydroxyl groups excluding tert-OH is 1. The first-order valence-corrected chi connectivity index (χ1v) is 26.2. The summed E-state index contributed by atoms with van der Waals surface area (Å²) < 4.78 is 0. The van der Waals surface area contributed by atoms with Crippen LogP contribution < -0.4 is 48.3 Å². The molecular weight excluding hydrogens is 1030 g/mol. The Morgan fingerprint density at radius 1 is 0.519 bits per heavy atom. The summed E-state index contributed by atoms with van der Waals surface area (Å²) in [5.74, 6) is -11.0. The number of carbonyl (C=O) groups is 10. The van der Waals surface area contributed by atoms with Crippen molar-refractivity contribution in [1.82, 2.24) is 52.5 Å². The van der Waals surface area contributed by atoms with Gasteiger partial charge in [0.05, 0.1) is 19.0 Å². The number of carboxylic acids is 2. The van der Waals surface area contributed by atoms with Crippen molar-refractivity contribution in [3.8, 4) is 5.75 Å². The molecule has 0 unspecified atom stereocenters. The van der Waals surface area contributed by atoms with Crippen LogP contribution in [0.2, 0.25) is 0 Å². The maximum Gasteiger partial charge on any atom is 0.326 e. The van der Waals surface area contributed by atoms with Crippen molar-refractivity contribution in [2.45, 2.75) is 155 Å². The molecule has 3 aromatic rings. The lowest BCUT2D eigenvalue weighted by Gasteiger charge is -2.29. The van der Waals surface area contributed by atoms with Gasteiger partial charge in [-0.2, -0.15) is 0 Å². The fourth-order valence-corrected chi connectivity index (χ4v) is 8.07. The lowest BCUT2D eigenvalue weighted by atomic mass is 9.98. The largest absolute Gasteiger partial charge is 0.508 e. The fourth-order valence-electron chi connectivity index (χ4n) is 8.07. The molecule has 434 valence electrons. The molecule has 0 saturated carbocycles. The summed E-state index contributed by atoms with van der Waals surface area (Å²) in [6.07, 6.45) is 1.11. The number of aliphatic carboxylic acids is 2. The van der Waals surface area contributed by atoms with Crippen LogP contribution in [0.3, 0.4) is 0 Å². The molecule has 25 heteroatoms. The molecule has 0 aliphatic heterocycles. The third-order valence-electron chi connectivity index (χ3n) is 12.6. The van der Waals surface area contributed by atoms with Gasteiger partial charge in [0.1, 0.15) is 54.1 Å². The zero-order valence-electron chi connectivity index (χ0n) is 45.9. The Bertz CT molecular complexity index is 2510. The molecular formula is C54H79N11O14. The second-order valence-corrected chi connectivity index (χ2v) is 21.0. The number of carbonyl (C=O) groups excluding carboxylic acids is 8. The predicted octanol–water partition coefficient (Wildman–Crippen LogP) is -0.305. The van der Waals surface area contributed by atoms with Gasteiger partial charge in [0, 0.05) is 37.6 Å². The van der Waals surface area contributed by atoms with Crippen molar-refractivity contribution in [2.75, 3.05) is 6.61 Å². The van der Waals surface area contributed by atoms with Gasteiger partial charge >= 0.3 is 11.9 Å². The third kappa shape index (κ3) is 22.5. The molecule has 3 rings (SSSR count). The van der Waals surface area contributed by atoms with Gasteiger partial charge in [-0.3, -0.25) is 43.2 Å². The number of H-pyrrole nitrogens is 1. The number of nitrogens with two attached hydrogens (primary N) is 1. The van der Waals surface area contributed by atoms with E-state index < -0.39 is 139 Å². The van der Waals surface area contributed by atoms with E-state index in [-0.39, 0.29) is 55.6 Å². The number of phenolic OH excluding ortho intramolecular Hbond substituents is 1. The number of aromatic hydroxyl groups is 1. The van der Waals surface area contributed by atoms with Gasteiger partial charge in [-0.15, -0.1) is 0 Å². The second kappa shape index (κ2) is 32.1. The molecule has 0 spiro atoms. The number of benzene rings is 2. The van der Waals surface area contributed by atoms with Crippen molar-refractivity contribution >= 4 is 59.2 Å². The van der Waals surface area contributed by atoms with Gasteiger partial charge in [0.25, 0.3) is 0 Å². The molecule has 15 N–H and O–H groups in total. The highest BCUT2D eigenvalue weighted by atomic mass is 16.4. The Balaban J connectivity index is 2.03. The van der Waals surface area contributed by atoms with Crippen LogP contribution >= 0.6 is 0 Å². The lowest BCUT2D eigenvalue weighted by Crippen LogP contribution is -2.61. The predicted molar refractivity (Wildman–Crippen MR) is 288 cm³/mol. The second-order valence-electron chi connectivity index (χ2n) is 21.0. The minimum Gasteiger partial charge on any atom is -0.508 e. The van der Waals surface area contributed by atoms with Crippen molar-refractivity contribution in [2.24, 2.45) is 29.4 Å². The van der Waals surface area contributed by atoms with Crippen LogP contribution in [0, 0.1) is 23.7 Å². The van der Waals surface area contributed by atoms with Crippen LogP contribution in [0.15, 0.2) is 67.1 Å². The van der Waals surface area contributed by atoms with Gasteiger partial charge < -0.3 is 73.7 Å². The van der Waals surface area contributed by atoms with Gasteiger partial charge in [0.2, 0.25) is 47.3 Å². The Kier molecular flexibility index (Phi) is 26.5. The summed E-state index contributed by atoms with van der Waals surface area (Å²) in [5, 5.41) is 59.7. The molecule has 1 aromatic heterocycles. The van der Waals surface area contributed by atoms with Gasteiger partial charge in [-0.25, -0.2) is 9.78 Å². The monoisotopic (exact) mass is 1110 g/mol. The number of hydrogen-bond donors (Lipinski definition) is 14. The smallest absolute Gasteiger partial charge is 0.326 e. The highest BCUT2D eigenvalue weighted by molar-refractivity contribution is 5.98. The van der Waals surface area contributed by atoms with Crippen molar-refractivity contribution in [3.05, 3.63) is 83.9 Å². The zero-order chi connectivity index (χ0) is 59.1. The number of phenols is 1. The number of aliphatic hydroxyl groups is 1. The average Bonchev–Trinajstić information content (AvgIpc) is 3.91. The van der Waals surface area contributed by atoms with E-state index in [1.165, 1.54) is 50.6 Å². The molecule has 79 heavy (non-hydrogen) atoms. The van der Waals surface area contributed by atoms with E-state index >= 15 is 0 Å². The van der Waals surface area contributed by atoms with E-state index in [4.69, 9.17) is 5.73 Å². The molecule has 0 radical (unpaired) electrons. The van der Waals surface area contributed by atoms with Crippen LogP contribution in [-0.4, -0.2) is 151 Å². The van der Waals surface area contributed by atoms with E-state index in [9.17, 15) is 68.4 Å². The molecule has 1 heterocycles. The number of carboxylic acid groups (broad SMARTS) is 2. The summed E-state index contributed by atoms with van der Waals surface area (Å²) in [6, 6.07) is 1.55.